The van der Waals surface area contributed by atoms with Gasteiger partial charge in [0.1, 0.15) is 18.2 Å². The fraction of sp³-hybridized carbons (Fsp3) is 0.357. The van der Waals surface area contributed by atoms with Crippen LogP contribution in [-0.2, 0) is 25.7 Å². The highest BCUT2D eigenvalue weighted by Crippen LogP contribution is 2.30. The van der Waals surface area contributed by atoms with Gasteiger partial charge in [0.25, 0.3) is 5.91 Å². The van der Waals surface area contributed by atoms with Crippen molar-refractivity contribution in [3.63, 3.8) is 0 Å². The Morgan fingerprint density at radius 1 is 1.05 bits per heavy atom. The van der Waals surface area contributed by atoms with Gasteiger partial charge in [0.2, 0.25) is 11.9 Å². The summed E-state index contributed by atoms with van der Waals surface area (Å²) in [7, 11) is 0. The van der Waals surface area contributed by atoms with E-state index in [4.69, 9.17) is 4.74 Å². The van der Waals surface area contributed by atoms with E-state index in [0.29, 0.717) is 18.1 Å². The number of nitrogens with one attached hydrogen (secondary N) is 4. The number of piperidine rings is 1. The number of likely N-dealkylation sites (tertiary alicyclic amines) is 1. The number of rotatable bonds is 10. The monoisotopic (exact) mass is 577 g/mol. The summed E-state index contributed by atoms with van der Waals surface area (Å²) in [5.74, 6) is -1.55. The third-order valence-corrected chi connectivity index (χ3v) is 7.40. The van der Waals surface area contributed by atoms with E-state index in [9.17, 15) is 29.1 Å². The van der Waals surface area contributed by atoms with Crippen LogP contribution in [0.25, 0.3) is 11.0 Å². The molecule has 5 rings (SSSR count). The fourth-order valence-corrected chi connectivity index (χ4v) is 5.08. The van der Waals surface area contributed by atoms with Gasteiger partial charge in [-0.2, -0.15) is 0 Å². The highest BCUT2D eigenvalue weighted by Gasteiger charge is 2.53. The summed E-state index contributed by atoms with van der Waals surface area (Å²) in [5, 5.41) is 17.6. The van der Waals surface area contributed by atoms with Crippen LogP contribution in [0.3, 0.4) is 0 Å². The number of aromatic nitrogens is 2. The molecule has 0 unspecified atom stereocenters. The minimum absolute atomic E-state index is 0.0730. The first-order valence-electron chi connectivity index (χ1n) is 13.5. The number of aliphatic carboxylic acids is 1. The maximum absolute atomic E-state index is 13.3. The van der Waals surface area contributed by atoms with E-state index in [1.807, 2.05) is 24.3 Å². The number of hydrogen-bond acceptors (Lipinski definition) is 8. The Morgan fingerprint density at radius 3 is 2.48 bits per heavy atom. The summed E-state index contributed by atoms with van der Waals surface area (Å²) < 4.78 is 5.07. The van der Waals surface area contributed by atoms with E-state index in [1.54, 1.807) is 35.2 Å². The van der Waals surface area contributed by atoms with Gasteiger partial charge in [-0.05, 0) is 30.5 Å². The number of carbonyl (C=O) groups excluding carboxylic acids is 4. The van der Waals surface area contributed by atoms with Gasteiger partial charge in [-0.3, -0.25) is 14.5 Å². The second-order valence-electron chi connectivity index (χ2n) is 10.2. The molecule has 42 heavy (non-hydrogen) atoms. The van der Waals surface area contributed by atoms with Crippen LogP contribution >= 0.6 is 0 Å². The number of benzene rings is 2. The van der Waals surface area contributed by atoms with E-state index >= 15 is 0 Å². The second-order valence-corrected chi connectivity index (χ2v) is 10.2. The van der Waals surface area contributed by atoms with Gasteiger partial charge < -0.3 is 35.7 Å². The lowest BCUT2D eigenvalue weighted by Crippen LogP contribution is -2.56. The number of ether oxygens (including phenoxy) is 1. The Kier molecular flexibility index (Phi) is 8.22. The number of imidazole rings is 1. The summed E-state index contributed by atoms with van der Waals surface area (Å²) in [6.45, 7) is 0.210. The number of hydrogen-bond donors (Lipinski definition) is 5. The third-order valence-electron chi connectivity index (χ3n) is 7.40. The largest absolute Gasteiger partial charge is 0.480 e. The van der Waals surface area contributed by atoms with Crippen molar-refractivity contribution in [3.8, 4) is 0 Å². The van der Waals surface area contributed by atoms with Gasteiger partial charge in [0, 0.05) is 26.1 Å². The molecule has 2 saturated heterocycles. The lowest BCUT2D eigenvalue weighted by atomic mass is 9.87. The Morgan fingerprint density at radius 2 is 1.76 bits per heavy atom. The number of amides is 5. The van der Waals surface area contributed by atoms with Crippen LogP contribution in [0.15, 0.2) is 54.6 Å². The van der Waals surface area contributed by atoms with Gasteiger partial charge in [-0.15, -0.1) is 0 Å². The minimum atomic E-state index is -1.57. The van der Waals surface area contributed by atoms with Crippen LogP contribution in [-0.4, -0.2) is 92.5 Å². The highest BCUT2D eigenvalue weighted by atomic mass is 16.5. The number of para-hydroxylation sites is 2. The zero-order chi connectivity index (χ0) is 29.7. The van der Waals surface area contributed by atoms with Crippen molar-refractivity contribution in [2.45, 2.75) is 37.5 Å². The van der Waals surface area contributed by atoms with Crippen molar-refractivity contribution in [1.82, 2.24) is 30.4 Å². The average Bonchev–Trinajstić information content (AvgIpc) is 3.50. The van der Waals surface area contributed by atoms with Crippen molar-refractivity contribution < 1.29 is 33.8 Å². The highest BCUT2D eigenvalue weighted by molar-refractivity contribution is 6.07. The number of carboxylic acids is 1. The molecule has 0 radical (unpaired) electrons. The number of urea groups is 1. The van der Waals surface area contributed by atoms with Gasteiger partial charge in [-0.25, -0.2) is 19.4 Å². The average molecular weight is 578 g/mol. The van der Waals surface area contributed by atoms with Crippen LogP contribution in [0.2, 0.25) is 0 Å². The lowest BCUT2D eigenvalue weighted by molar-refractivity contribution is -0.142. The molecule has 5 amide bonds. The summed E-state index contributed by atoms with van der Waals surface area (Å²) in [4.78, 5) is 72.9. The molecule has 1 aromatic heterocycles. The quantitative estimate of drug-likeness (QED) is 0.223. The molecule has 0 bridgehead atoms. The molecule has 14 nitrogen and oxygen atoms in total. The first-order chi connectivity index (χ1) is 20.2. The molecule has 2 aromatic carbocycles. The van der Waals surface area contributed by atoms with E-state index in [0.717, 1.165) is 15.9 Å². The number of fused-ring (bicyclic) bond motifs is 1. The molecule has 3 heterocycles. The Bertz CT molecular complexity index is 1450. The molecule has 2 aliphatic rings. The molecular weight excluding hydrogens is 546 g/mol. The van der Waals surface area contributed by atoms with Crippen LogP contribution < -0.4 is 16.0 Å². The van der Waals surface area contributed by atoms with Crippen LogP contribution in [0.5, 0.6) is 0 Å². The maximum atomic E-state index is 13.3. The molecule has 0 aliphatic carbocycles. The normalized spacial score (nSPS) is 16.8. The molecule has 220 valence electrons. The summed E-state index contributed by atoms with van der Waals surface area (Å²) >= 11 is 0. The standard InChI is InChI=1S/C28H31N7O7/c36-22(10-13-29-25-30-19-8-4-5-9-20(19)31-25)34-14-11-28(12-15-34)24(39)35(26(40)33-28)16-21(23(37)38)32-27(41)42-17-18-6-2-1-3-7-18/h1-9,21H,10-17H2,(H,32,41)(H,33,40)(H,37,38)(H2,29,30,31)/t21-/m0/s1. The molecule has 14 heteroatoms. The third kappa shape index (κ3) is 6.27. The number of carbonyl (C=O) groups is 5. The molecule has 5 N–H and O–H groups in total. The van der Waals surface area contributed by atoms with Crippen molar-refractivity contribution in [2.75, 3.05) is 31.5 Å². The lowest BCUT2D eigenvalue weighted by Gasteiger charge is -2.37. The predicted octanol–water partition coefficient (Wildman–Crippen LogP) is 1.66. The molecule has 0 saturated carbocycles. The summed E-state index contributed by atoms with van der Waals surface area (Å²) in [5.41, 5.74) is 1.18. The van der Waals surface area contributed by atoms with Crippen molar-refractivity contribution in [2.24, 2.45) is 0 Å². The van der Waals surface area contributed by atoms with Crippen LogP contribution in [0.1, 0.15) is 24.8 Å². The summed E-state index contributed by atoms with van der Waals surface area (Å²) in [6.07, 6.45) is -0.417. The van der Waals surface area contributed by atoms with E-state index in [2.05, 4.69) is 25.9 Å². The van der Waals surface area contributed by atoms with Gasteiger partial charge in [0.15, 0.2) is 0 Å². The first kappa shape index (κ1) is 28.4. The number of carboxylic acid groups (broad SMARTS) is 1. The minimum Gasteiger partial charge on any atom is -0.480 e. The Hall–Kier alpha value is -5.14. The van der Waals surface area contributed by atoms with Crippen molar-refractivity contribution in [1.29, 1.82) is 0 Å². The smallest absolute Gasteiger partial charge is 0.408 e. The topological polar surface area (TPSA) is 186 Å². The maximum Gasteiger partial charge on any atom is 0.408 e. The number of nitrogens with zero attached hydrogens (tertiary/aromatic N) is 3. The number of imide groups is 1. The fourth-order valence-electron chi connectivity index (χ4n) is 5.08. The number of alkyl carbamates (subject to hydrolysis) is 1. The predicted molar refractivity (Wildman–Crippen MR) is 149 cm³/mol. The van der Waals surface area contributed by atoms with E-state index in [1.165, 1.54) is 0 Å². The second kappa shape index (κ2) is 12.2. The summed E-state index contributed by atoms with van der Waals surface area (Å²) in [6, 6.07) is 14.1. The van der Waals surface area contributed by atoms with Crippen molar-refractivity contribution in [3.05, 3.63) is 60.2 Å². The molecule has 2 aliphatic heterocycles. The van der Waals surface area contributed by atoms with E-state index in [-0.39, 0.29) is 44.9 Å². The zero-order valence-electron chi connectivity index (χ0n) is 22.7. The molecule has 2 fully saturated rings. The Labute approximate surface area is 240 Å². The zero-order valence-corrected chi connectivity index (χ0v) is 22.7. The SMILES string of the molecule is O=C(N[C@@H](CN1C(=O)NC2(CCN(C(=O)CCNc3nc4ccccc4[nH]3)CC2)C1=O)C(=O)O)OCc1ccccc1. The van der Waals surface area contributed by atoms with Crippen molar-refractivity contribution >= 4 is 46.9 Å². The molecule has 1 spiro atoms. The van der Waals surface area contributed by atoms with E-state index < -0.39 is 42.1 Å². The molecule has 1 atom stereocenters. The van der Waals surface area contributed by atoms with Crippen LogP contribution in [0.4, 0.5) is 15.5 Å². The number of H-pyrrole nitrogens is 1. The number of aromatic amines is 1. The van der Waals surface area contributed by atoms with Crippen LogP contribution in [0, 0.1) is 0 Å². The first-order valence-corrected chi connectivity index (χ1v) is 13.5. The molecule has 3 aromatic rings. The Balaban J connectivity index is 1.10. The van der Waals surface area contributed by atoms with Gasteiger partial charge >= 0.3 is 18.1 Å². The van der Waals surface area contributed by atoms with Gasteiger partial charge in [0.05, 0.1) is 17.6 Å². The number of anilines is 1. The molecular formula is C28H31N7O7. The van der Waals surface area contributed by atoms with Gasteiger partial charge in [-0.1, -0.05) is 42.5 Å².